The molecule has 1 fully saturated rings. The van der Waals surface area contributed by atoms with Gasteiger partial charge in [0.2, 0.25) is 0 Å². The summed E-state index contributed by atoms with van der Waals surface area (Å²) in [6, 6.07) is 2.51. The van der Waals surface area contributed by atoms with Gasteiger partial charge in [0.25, 0.3) is 0 Å². The highest BCUT2D eigenvalue weighted by Crippen LogP contribution is 2.24. The van der Waals surface area contributed by atoms with E-state index in [1.807, 2.05) is 0 Å². The molecule has 106 valence electrons. The van der Waals surface area contributed by atoms with E-state index >= 15 is 0 Å². The van der Waals surface area contributed by atoms with Crippen molar-refractivity contribution in [1.82, 2.24) is 10.3 Å². The first-order valence-corrected chi connectivity index (χ1v) is 7.33. The third-order valence-corrected chi connectivity index (χ3v) is 3.82. The van der Waals surface area contributed by atoms with Gasteiger partial charge < -0.3 is 15.0 Å². The molecule has 1 unspecified atom stereocenters. The quantitative estimate of drug-likeness (QED) is 0.901. The summed E-state index contributed by atoms with van der Waals surface area (Å²) in [6.07, 6.45) is 2.82. The fourth-order valence-electron chi connectivity index (χ4n) is 2.31. The molecule has 1 aromatic heterocycles. The average molecular weight is 284 g/mol. The smallest absolute Gasteiger partial charge is 0.129 e. The van der Waals surface area contributed by atoms with E-state index in [1.165, 1.54) is 0 Å². The Labute approximate surface area is 120 Å². The highest BCUT2D eigenvalue weighted by Gasteiger charge is 2.23. The molecule has 0 amide bonds. The van der Waals surface area contributed by atoms with Gasteiger partial charge in [0.05, 0.1) is 24.3 Å². The lowest BCUT2D eigenvalue weighted by Gasteiger charge is -2.36. The second-order valence-corrected chi connectivity index (χ2v) is 5.15. The molecule has 19 heavy (non-hydrogen) atoms. The molecule has 2 rings (SSSR count). The van der Waals surface area contributed by atoms with Crippen molar-refractivity contribution in [3.05, 3.63) is 22.8 Å². The van der Waals surface area contributed by atoms with Crippen molar-refractivity contribution in [2.45, 2.75) is 32.9 Å². The molecule has 1 saturated heterocycles. The van der Waals surface area contributed by atoms with Crippen LogP contribution in [-0.2, 0) is 11.3 Å². The van der Waals surface area contributed by atoms with Crippen molar-refractivity contribution in [3.8, 4) is 0 Å². The normalized spacial score (nSPS) is 19.7. The highest BCUT2D eigenvalue weighted by atomic mass is 35.5. The molecule has 1 aliphatic heterocycles. The van der Waals surface area contributed by atoms with Crippen LogP contribution in [0.3, 0.4) is 0 Å². The Morgan fingerprint density at radius 2 is 2.37 bits per heavy atom. The summed E-state index contributed by atoms with van der Waals surface area (Å²) >= 11 is 6.20. The number of aromatic nitrogens is 1. The molecule has 5 heteroatoms. The number of nitrogens with zero attached hydrogens (tertiary/aromatic N) is 2. The number of morpholine rings is 1. The third-order valence-electron chi connectivity index (χ3n) is 3.48. The SMILES string of the molecule is CCNCc1cc(N2CCOCC2CC)ncc1Cl. The molecule has 1 aromatic rings. The standard InChI is InChI=1S/C14H22ClN3O/c1-3-12-10-19-6-5-18(12)14-7-11(8-16-4-2)13(15)9-17-14/h7,9,12,16H,3-6,8,10H2,1-2H3. The predicted octanol–water partition coefficient (Wildman–Crippen LogP) is 2.46. The third kappa shape index (κ3) is 3.59. The zero-order chi connectivity index (χ0) is 13.7. The maximum atomic E-state index is 6.20. The Hall–Kier alpha value is -0.840. The predicted molar refractivity (Wildman–Crippen MR) is 78.9 cm³/mol. The van der Waals surface area contributed by atoms with Gasteiger partial charge in [-0.25, -0.2) is 4.98 Å². The first-order valence-electron chi connectivity index (χ1n) is 6.95. The Balaban J connectivity index is 2.18. The van der Waals surface area contributed by atoms with Gasteiger partial charge in [-0.2, -0.15) is 0 Å². The van der Waals surface area contributed by atoms with Crippen LogP contribution in [0, 0.1) is 0 Å². The van der Waals surface area contributed by atoms with Crippen LogP contribution in [0.2, 0.25) is 5.02 Å². The van der Waals surface area contributed by atoms with E-state index in [4.69, 9.17) is 16.3 Å². The largest absolute Gasteiger partial charge is 0.377 e. The fraction of sp³-hybridized carbons (Fsp3) is 0.643. The molecule has 1 aliphatic rings. The summed E-state index contributed by atoms with van der Waals surface area (Å²) < 4.78 is 5.54. The lowest BCUT2D eigenvalue weighted by Crippen LogP contribution is -2.45. The number of nitrogens with one attached hydrogen (secondary N) is 1. The van der Waals surface area contributed by atoms with Gasteiger partial charge in [0.1, 0.15) is 5.82 Å². The van der Waals surface area contributed by atoms with E-state index in [1.54, 1.807) is 6.20 Å². The number of hydrogen-bond donors (Lipinski definition) is 1. The molecule has 0 saturated carbocycles. The Morgan fingerprint density at radius 3 is 3.11 bits per heavy atom. The van der Waals surface area contributed by atoms with Crippen molar-refractivity contribution < 1.29 is 4.74 Å². The van der Waals surface area contributed by atoms with E-state index in [2.05, 4.69) is 35.1 Å². The Bertz CT molecular complexity index is 414. The van der Waals surface area contributed by atoms with E-state index < -0.39 is 0 Å². The molecule has 0 bridgehead atoms. The van der Waals surface area contributed by atoms with Crippen LogP contribution in [0.15, 0.2) is 12.3 Å². The summed E-state index contributed by atoms with van der Waals surface area (Å²) in [6.45, 7) is 8.43. The van der Waals surface area contributed by atoms with Crippen LogP contribution < -0.4 is 10.2 Å². The van der Waals surface area contributed by atoms with E-state index in [0.29, 0.717) is 6.04 Å². The van der Waals surface area contributed by atoms with Gasteiger partial charge in [-0.1, -0.05) is 25.4 Å². The summed E-state index contributed by atoms with van der Waals surface area (Å²) in [5.41, 5.74) is 1.11. The maximum absolute atomic E-state index is 6.20. The Morgan fingerprint density at radius 1 is 1.53 bits per heavy atom. The summed E-state index contributed by atoms with van der Waals surface area (Å²) in [4.78, 5) is 6.81. The minimum absolute atomic E-state index is 0.411. The lowest BCUT2D eigenvalue weighted by atomic mass is 10.1. The molecule has 1 N–H and O–H groups in total. The summed E-state index contributed by atoms with van der Waals surface area (Å²) in [5.74, 6) is 1.01. The topological polar surface area (TPSA) is 37.4 Å². The molecular formula is C14H22ClN3O. The zero-order valence-electron chi connectivity index (χ0n) is 11.7. The van der Waals surface area contributed by atoms with Crippen LogP contribution >= 0.6 is 11.6 Å². The Kier molecular flexibility index (Phi) is 5.43. The van der Waals surface area contributed by atoms with Gasteiger partial charge in [-0.3, -0.25) is 0 Å². The highest BCUT2D eigenvalue weighted by molar-refractivity contribution is 6.31. The van der Waals surface area contributed by atoms with Gasteiger partial charge in [-0.15, -0.1) is 0 Å². The average Bonchev–Trinajstić information content (AvgIpc) is 2.46. The van der Waals surface area contributed by atoms with Crippen molar-refractivity contribution >= 4 is 17.4 Å². The van der Waals surface area contributed by atoms with Gasteiger partial charge in [0.15, 0.2) is 0 Å². The first kappa shape index (κ1) is 14.6. The number of rotatable bonds is 5. The number of hydrogen-bond acceptors (Lipinski definition) is 4. The molecule has 4 nitrogen and oxygen atoms in total. The van der Waals surface area contributed by atoms with E-state index in [0.717, 1.165) is 55.7 Å². The van der Waals surface area contributed by atoms with Gasteiger partial charge in [0, 0.05) is 19.3 Å². The van der Waals surface area contributed by atoms with Crippen molar-refractivity contribution in [3.63, 3.8) is 0 Å². The molecule has 1 atom stereocenters. The van der Waals surface area contributed by atoms with Crippen LogP contribution in [0.25, 0.3) is 0 Å². The van der Waals surface area contributed by atoms with Crippen molar-refractivity contribution in [1.29, 1.82) is 0 Å². The second kappa shape index (κ2) is 7.08. The van der Waals surface area contributed by atoms with Crippen molar-refractivity contribution in [2.24, 2.45) is 0 Å². The molecule has 2 heterocycles. The maximum Gasteiger partial charge on any atom is 0.129 e. The minimum Gasteiger partial charge on any atom is -0.377 e. The molecule has 0 spiro atoms. The second-order valence-electron chi connectivity index (χ2n) is 4.74. The minimum atomic E-state index is 0.411. The van der Waals surface area contributed by atoms with E-state index in [9.17, 15) is 0 Å². The number of ether oxygens (including phenoxy) is 1. The van der Waals surface area contributed by atoms with Crippen LogP contribution in [0.5, 0.6) is 0 Å². The van der Waals surface area contributed by atoms with Crippen LogP contribution in [0.4, 0.5) is 5.82 Å². The van der Waals surface area contributed by atoms with E-state index in [-0.39, 0.29) is 0 Å². The molecule has 0 aliphatic carbocycles. The van der Waals surface area contributed by atoms with Crippen LogP contribution in [0.1, 0.15) is 25.8 Å². The monoisotopic (exact) mass is 283 g/mol. The van der Waals surface area contributed by atoms with Crippen molar-refractivity contribution in [2.75, 3.05) is 31.2 Å². The fourth-order valence-corrected chi connectivity index (χ4v) is 2.48. The van der Waals surface area contributed by atoms with Crippen LogP contribution in [-0.4, -0.2) is 37.3 Å². The molecule has 0 aromatic carbocycles. The number of anilines is 1. The summed E-state index contributed by atoms with van der Waals surface area (Å²) in [7, 11) is 0. The first-order chi connectivity index (χ1) is 9.26. The molecular weight excluding hydrogens is 262 g/mol. The number of halogens is 1. The lowest BCUT2D eigenvalue weighted by molar-refractivity contribution is 0.0925. The zero-order valence-corrected chi connectivity index (χ0v) is 12.4. The summed E-state index contributed by atoms with van der Waals surface area (Å²) in [5, 5.41) is 4.03. The van der Waals surface area contributed by atoms with Gasteiger partial charge >= 0.3 is 0 Å². The van der Waals surface area contributed by atoms with Gasteiger partial charge in [-0.05, 0) is 24.6 Å². The molecule has 0 radical (unpaired) electrons. The number of pyridine rings is 1.